The van der Waals surface area contributed by atoms with Crippen molar-refractivity contribution in [1.29, 1.82) is 0 Å². The van der Waals surface area contributed by atoms with Gasteiger partial charge in [-0.2, -0.15) is 0 Å². The second kappa shape index (κ2) is 7.99. The molecular formula is C17H13Br2ClO3. The highest BCUT2D eigenvalue weighted by molar-refractivity contribution is 9.11. The van der Waals surface area contributed by atoms with Crippen molar-refractivity contribution in [2.24, 2.45) is 0 Å². The number of hydrogen-bond donors (Lipinski definition) is 1. The molecule has 0 aliphatic heterocycles. The molecule has 6 heteroatoms. The first-order valence-electron chi connectivity index (χ1n) is 6.65. The van der Waals surface area contributed by atoms with Crippen LogP contribution in [0, 0.1) is 0 Å². The van der Waals surface area contributed by atoms with Gasteiger partial charge in [-0.05, 0) is 68.6 Å². The van der Waals surface area contributed by atoms with E-state index in [1.165, 1.54) is 0 Å². The molecule has 2 aromatic carbocycles. The van der Waals surface area contributed by atoms with Gasteiger partial charge in [0.15, 0.2) is 0 Å². The monoisotopic (exact) mass is 458 g/mol. The summed E-state index contributed by atoms with van der Waals surface area (Å²) in [6.45, 7) is 1.88. The molecule has 2 rings (SSSR count). The Hall–Kier alpha value is -1.30. The Morgan fingerprint density at radius 3 is 2.43 bits per heavy atom. The van der Waals surface area contributed by atoms with Crippen molar-refractivity contribution in [2.75, 3.05) is 0 Å². The lowest BCUT2D eigenvalue weighted by atomic mass is 10.1. The van der Waals surface area contributed by atoms with Crippen LogP contribution in [0.4, 0.5) is 0 Å². The summed E-state index contributed by atoms with van der Waals surface area (Å²) in [5, 5.41) is 9.59. The van der Waals surface area contributed by atoms with E-state index < -0.39 is 5.97 Å². The molecule has 0 saturated carbocycles. The van der Waals surface area contributed by atoms with E-state index in [9.17, 15) is 4.79 Å². The Morgan fingerprint density at radius 2 is 1.87 bits per heavy atom. The van der Waals surface area contributed by atoms with Gasteiger partial charge in [-0.15, -0.1) is 0 Å². The van der Waals surface area contributed by atoms with Gasteiger partial charge in [0.1, 0.15) is 12.4 Å². The van der Waals surface area contributed by atoms with Crippen molar-refractivity contribution in [1.82, 2.24) is 0 Å². The smallest absolute Gasteiger partial charge is 0.331 e. The number of carboxylic acid groups (broad SMARTS) is 1. The maximum absolute atomic E-state index is 10.9. The van der Waals surface area contributed by atoms with Gasteiger partial charge in [0.25, 0.3) is 0 Å². The van der Waals surface area contributed by atoms with Crippen molar-refractivity contribution in [3.63, 3.8) is 0 Å². The molecule has 0 amide bonds. The van der Waals surface area contributed by atoms with E-state index in [0.717, 1.165) is 20.1 Å². The highest BCUT2D eigenvalue weighted by atomic mass is 79.9. The zero-order chi connectivity index (χ0) is 17.0. The number of carboxylic acids is 1. The van der Waals surface area contributed by atoms with Crippen LogP contribution in [0.3, 0.4) is 0 Å². The van der Waals surface area contributed by atoms with E-state index >= 15 is 0 Å². The molecule has 1 N–H and O–H groups in total. The minimum atomic E-state index is -0.948. The fourth-order valence-corrected chi connectivity index (χ4v) is 3.52. The second-order valence-corrected chi connectivity index (χ2v) is 6.94. The number of ether oxygens (including phenoxy) is 1. The number of benzene rings is 2. The maximum Gasteiger partial charge on any atom is 0.331 e. The summed E-state index contributed by atoms with van der Waals surface area (Å²) < 4.78 is 7.28. The quantitative estimate of drug-likeness (QED) is 0.563. The Bertz CT molecular complexity index is 749. The van der Waals surface area contributed by atoms with Crippen LogP contribution in [0.1, 0.15) is 18.1 Å². The van der Waals surface area contributed by atoms with Crippen molar-refractivity contribution >= 4 is 55.5 Å². The van der Waals surface area contributed by atoms with E-state index in [1.807, 2.05) is 24.3 Å². The van der Waals surface area contributed by atoms with E-state index in [0.29, 0.717) is 17.4 Å². The van der Waals surface area contributed by atoms with Crippen LogP contribution in [-0.4, -0.2) is 11.1 Å². The van der Waals surface area contributed by atoms with Crippen molar-refractivity contribution in [3.8, 4) is 5.75 Å². The number of halogens is 3. The predicted octanol–water partition coefficient (Wildman–Crippen LogP) is 5.93. The van der Waals surface area contributed by atoms with Crippen molar-refractivity contribution in [2.45, 2.75) is 13.5 Å². The lowest BCUT2D eigenvalue weighted by Crippen LogP contribution is -1.98. The van der Waals surface area contributed by atoms with Crippen LogP contribution < -0.4 is 4.74 Å². The molecular weight excluding hydrogens is 447 g/mol. The van der Waals surface area contributed by atoms with Crippen LogP contribution in [0.15, 0.2) is 50.9 Å². The van der Waals surface area contributed by atoms with Gasteiger partial charge in [0.2, 0.25) is 0 Å². The zero-order valence-corrected chi connectivity index (χ0v) is 16.1. The summed E-state index contributed by atoms with van der Waals surface area (Å²) in [5.41, 5.74) is 1.90. The van der Waals surface area contributed by atoms with Gasteiger partial charge >= 0.3 is 5.97 Å². The van der Waals surface area contributed by atoms with Crippen LogP contribution in [0.5, 0.6) is 5.75 Å². The minimum absolute atomic E-state index is 0.258. The van der Waals surface area contributed by atoms with Gasteiger partial charge in [-0.3, -0.25) is 0 Å². The Labute approximate surface area is 156 Å². The summed E-state index contributed by atoms with van der Waals surface area (Å²) in [6.07, 6.45) is 1.59. The highest BCUT2D eigenvalue weighted by Crippen LogP contribution is 2.36. The number of carbonyl (C=O) groups is 1. The normalized spacial score (nSPS) is 11.4. The molecule has 0 aliphatic carbocycles. The molecule has 0 bridgehead atoms. The van der Waals surface area contributed by atoms with E-state index in [2.05, 4.69) is 31.9 Å². The average molecular weight is 461 g/mol. The van der Waals surface area contributed by atoms with E-state index in [1.54, 1.807) is 25.1 Å². The zero-order valence-electron chi connectivity index (χ0n) is 12.1. The molecule has 0 radical (unpaired) electrons. The Kier molecular flexibility index (Phi) is 6.27. The van der Waals surface area contributed by atoms with Gasteiger partial charge in [-0.1, -0.05) is 29.8 Å². The van der Waals surface area contributed by atoms with E-state index in [-0.39, 0.29) is 5.57 Å². The SMILES string of the molecule is C/C(=C\c1cc(Br)c(OCc2ccccc2Cl)c(Br)c1)C(=O)O. The molecule has 0 fully saturated rings. The summed E-state index contributed by atoms with van der Waals surface area (Å²) in [4.78, 5) is 10.9. The van der Waals surface area contributed by atoms with Crippen molar-refractivity contribution < 1.29 is 14.6 Å². The predicted molar refractivity (Wildman–Crippen MR) is 98.9 cm³/mol. The molecule has 0 unspecified atom stereocenters. The molecule has 2 aromatic rings. The Balaban J connectivity index is 2.23. The minimum Gasteiger partial charge on any atom is -0.486 e. The van der Waals surface area contributed by atoms with Crippen LogP contribution in [-0.2, 0) is 11.4 Å². The second-order valence-electron chi connectivity index (χ2n) is 4.83. The third-order valence-corrected chi connectivity index (χ3v) is 4.62. The summed E-state index contributed by atoms with van der Waals surface area (Å²) in [5.74, 6) is -0.314. The first-order chi connectivity index (χ1) is 10.9. The van der Waals surface area contributed by atoms with Gasteiger partial charge in [0, 0.05) is 16.2 Å². The first kappa shape index (κ1) is 18.0. The highest BCUT2D eigenvalue weighted by Gasteiger charge is 2.10. The van der Waals surface area contributed by atoms with Gasteiger partial charge < -0.3 is 9.84 Å². The fraction of sp³-hybridized carbons (Fsp3) is 0.118. The lowest BCUT2D eigenvalue weighted by Gasteiger charge is -2.12. The molecule has 0 spiro atoms. The Morgan fingerprint density at radius 1 is 1.26 bits per heavy atom. The largest absolute Gasteiger partial charge is 0.486 e. The van der Waals surface area contributed by atoms with Crippen LogP contribution in [0.2, 0.25) is 5.02 Å². The molecule has 0 aliphatic rings. The maximum atomic E-state index is 10.9. The van der Waals surface area contributed by atoms with Gasteiger partial charge in [0.05, 0.1) is 8.95 Å². The lowest BCUT2D eigenvalue weighted by molar-refractivity contribution is -0.132. The fourth-order valence-electron chi connectivity index (χ4n) is 1.88. The van der Waals surface area contributed by atoms with Gasteiger partial charge in [-0.25, -0.2) is 4.79 Å². The molecule has 120 valence electrons. The third kappa shape index (κ3) is 4.83. The molecule has 0 atom stereocenters. The average Bonchev–Trinajstić information content (AvgIpc) is 2.48. The topological polar surface area (TPSA) is 46.5 Å². The molecule has 3 nitrogen and oxygen atoms in total. The molecule has 0 heterocycles. The first-order valence-corrected chi connectivity index (χ1v) is 8.61. The molecule has 0 aromatic heterocycles. The summed E-state index contributed by atoms with van der Waals surface area (Å²) in [7, 11) is 0. The summed E-state index contributed by atoms with van der Waals surface area (Å²) >= 11 is 13.0. The van der Waals surface area contributed by atoms with E-state index in [4.69, 9.17) is 21.4 Å². The number of rotatable bonds is 5. The summed E-state index contributed by atoms with van der Waals surface area (Å²) in [6, 6.07) is 11.1. The van der Waals surface area contributed by atoms with Crippen molar-refractivity contribution in [3.05, 3.63) is 67.1 Å². The third-order valence-electron chi connectivity index (χ3n) is 3.07. The molecule has 0 saturated heterocycles. The van der Waals surface area contributed by atoms with Crippen LogP contribution >= 0.6 is 43.5 Å². The molecule has 23 heavy (non-hydrogen) atoms. The number of aliphatic carboxylic acids is 1. The standard InChI is InChI=1S/C17H13Br2ClO3/c1-10(17(21)22)6-11-7-13(18)16(14(19)8-11)23-9-12-4-2-3-5-15(12)20/h2-8H,9H2,1H3,(H,21,22)/b10-6+. The van der Waals surface area contributed by atoms with Crippen LogP contribution in [0.25, 0.3) is 6.08 Å². The number of hydrogen-bond acceptors (Lipinski definition) is 2.